The van der Waals surface area contributed by atoms with Crippen molar-refractivity contribution in [3.05, 3.63) is 59.1 Å². The van der Waals surface area contributed by atoms with Gasteiger partial charge in [-0.15, -0.1) is 0 Å². The van der Waals surface area contributed by atoms with Crippen LogP contribution >= 0.6 is 15.9 Å². The predicted octanol–water partition coefficient (Wildman–Crippen LogP) is 2.50. The molecule has 0 radical (unpaired) electrons. The fourth-order valence-corrected chi connectivity index (χ4v) is 4.38. The first-order valence-corrected chi connectivity index (χ1v) is 10.4. The molecule has 0 atom stereocenters. The molecule has 6 nitrogen and oxygen atoms in total. The molecule has 1 fully saturated rings. The molecule has 1 amide bonds. The maximum absolute atomic E-state index is 13.2. The lowest BCUT2D eigenvalue weighted by atomic mass is 10.3. The summed E-state index contributed by atoms with van der Waals surface area (Å²) in [4.78, 5) is 14.5. The molecule has 26 heavy (non-hydrogen) atoms. The van der Waals surface area contributed by atoms with Gasteiger partial charge in [0.05, 0.1) is 23.8 Å². The maximum Gasteiger partial charge on any atom is 0.264 e. The second kappa shape index (κ2) is 8.20. The third-order valence-corrected chi connectivity index (χ3v) is 6.41. The maximum atomic E-state index is 13.2. The molecule has 0 spiro atoms. The molecule has 138 valence electrons. The molecule has 0 N–H and O–H groups in total. The fraction of sp³-hybridized carbons (Fsp3) is 0.278. The average Bonchev–Trinajstić information content (AvgIpc) is 2.68. The van der Waals surface area contributed by atoms with Crippen molar-refractivity contribution in [3.8, 4) is 0 Å². The third-order valence-electron chi connectivity index (χ3n) is 4.09. The molecule has 3 rings (SSSR count). The number of morpholine rings is 1. The Hall–Kier alpha value is -1.90. The van der Waals surface area contributed by atoms with Crippen molar-refractivity contribution in [2.75, 3.05) is 37.2 Å². The van der Waals surface area contributed by atoms with Crippen LogP contribution in [0.25, 0.3) is 0 Å². The van der Waals surface area contributed by atoms with E-state index in [0.717, 1.165) is 8.78 Å². The molecule has 1 aliphatic rings. The first-order valence-electron chi connectivity index (χ1n) is 8.17. The molecule has 0 bridgehead atoms. The van der Waals surface area contributed by atoms with Gasteiger partial charge in [-0.05, 0) is 36.4 Å². The van der Waals surface area contributed by atoms with Crippen molar-refractivity contribution in [2.24, 2.45) is 0 Å². The van der Waals surface area contributed by atoms with Crippen LogP contribution in [0.3, 0.4) is 0 Å². The van der Waals surface area contributed by atoms with E-state index in [2.05, 4.69) is 15.9 Å². The minimum atomic E-state index is -3.86. The van der Waals surface area contributed by atoms with Gasteiger partial charge in [-0.1, -0.05) is 34.1 Å². The second-order valence-electron chi connectivity index (χ2n) is 5.79. The Balaban J connectivity index is 1.94. The zero-order valence-electron chi connectivity index (χ0n) is 14.0. The van der Waals surface area contributed by atoms with E-state index in [9.17, 15) is 13.2 Å². The number of rotatable bonds is 5. The second-order valence-corrected chi connectivity index (χ2v) is 8.57. The van der Waals surface area contributed by atoms with E-state index in [1.54, 1.807) is 47.4 Å². The highest BCUT2D eigenvalue weighted by molar-refractivity contribution is 9.10. The first kappa shape index (κ1) is 18.9. The van der Waals surface area contributed by atoms with Crippen LogP contribution in [0.4, 0.5) is 5.69 Å². The standard InChI is InChI=1S/C18H19BrN2O4S/c19-15-6-8-16(9-7-15)21(14-18(22)20-10-12-25-13-11-20)26(23,24)17-4-2-1-3-5-17/h1-9H,10-14H2. The van der Waals surface area contributed by atoms with Crippen molar-refractivity contribution in [1.82, 2.24) is 4.90 Å². The van der Waals surface area contributed by atoms with E-state index < -0.39 is 10.0 Å². The number of ether oxygens (including phenoxy) is 1. The molecule has 0 saturated carbocycles. The van der Waals surface area contributed by atoms with Gasteiger partial charge in [-0.3, -0.25) is 9.10 Å². The molecule has 8 heteroatoms. The van der Waals surface area contributed by atoms with Crippen molar-refractivity contribution in [1.29, 1.82) is 0 Å². The quantitative estimate of drug-likeness (QED) is 0.718. The highest BCUT2D eigenvalue weighted by Crippen LogP contribution is 2.25. The van der Waals surface area contributed by atoms with Crippen molar-refractivity contribution in [3.63, 3.8) is 0 Å². The Morgan fingerprint density at radius 3 is 2.27 bits per heavy atom. The SMILES string of the molecule is O=C(CN(c1ccc(Br)cc1)S(=O)(=O)c1ccccc1)N1CCOCC1. The highest BCUT2D eigenvalue weighted by atomic mass is 79.9. The van der Waals surface area contributed by atoms with Gasteiger partial charge >= 0.3 is 0 Å². The van der Waals surface area contributed by atoms with Gasteiger partial charge in [0.2, 0.25) is 5.91 Å². The van der Waals surface area contributed by atoms with E-state index in [1.165, 1.54) is 12.1 Å². The van der Waals surface area contributed by atoms with Crippen molar-refractivity contribution < 1.29 is 17.9 Å². The molecule has 1 heterocycles. The minimum Gasteiger partial charge on any atom is -0.378 e. The van der Waals surface area contributed by atoms with Crippen LogP contribution in [0.15, 0.2) is 64.0 Å². The van der Waals surface area contributed by atoms with Crippen LogP contribution in [-0.2, 0) is 19.6 Å². The summed E-state index contributed by atoms with van der Waals surface area (Å²) in [7, 11) is -3.86. The van der Waals surface area contributed by atoms with Gasteiger partial charge in [0.15, 0.2) is 0 Å². The summed E-state index contributed by atoms with van der Waals surface area (Å²) in [5.74, 6) is -0.240. The Bertz CT molecular complexity index is 851. The summed E-state index contributed by atoms with van der Waals surface area (Å²) in [5, 5.41) is 0. The number of amides is 1. The number of halogens is 1. The molecular formula is C18H19BrN2O4S. The van der Waals surface area contributed by atoms with E-state index in [4.69, 9.17) is 4.74 Å². The van der Waals surface area contributed by atoms with E-state index >= 15 is 0 Å². The number of nitrogens with zero attached hydrogens (tertiary/aromatic N) is 2. The molecule has 0 unspecified atom stereocenters. The Morgan fingerprint density at radius 2 is 1.65 bits per heavy atom. The summed E-state index contributed by atoms with van der Waals surface area (Å²) in [6, 6.07) is 15.0. The smallest absolute Gasteiger partial charge is 0.264 e. The van der Waals surface area contributed by atoms with Gasteiger partial charge in [-0.25, -0.2) is 8.42 Å². The third kappa shape index (κ3) is 4.25. The predicted molar refractivity (Wildman–Crippen MR) is 103 cm³/mol. The number of hydrogen-bond acceptors (Lipinski definition) is 4. The summed E-state index contributed by atoms with van der Waals surface area (Å²) in [6.07, 6.45) is 0. The normalized spacial score (nSPS) is 14.9. The Morgan fingerprint density at radius 1 is 1.04 bits per heavy atom. The highest BCUT2D eigenvalue weighted by Gasteiger charge is 2.29. The van der Waals surface area contributed by atoms with Crippen LogP contribution in [-0.4, -0.2) is 52.1 Å². The number of anilines is 1. The van der Waals surface area contributed by atoms with Gasteiger partial charge in [-0.2, -0.15) is 0 Å². The van der Waals surface area contributed by atoms with Gasteiger partial charge in [0, 0.05) is 17.6 Å². The monoisotopic (exact) mass is 438 g/mol. The van der Waals surface area contributed by atoms with Crippen LogP contribution < -0.4 is 4.31 Å². The van der Waals surface area contributed by atoms with Crippen LogP contribution in [0, 0.1) is 0 Å². The van der Waals surface area contributed by atoms with Crippen LogP contribution in [0.5, 0.6) is 0 Å². The van der Waals surface area contributed by atoms with Gasteiger partial charge in [0.1, 0.15) is 6.54 Å². The molecule has 1 saturated heterocycles. The lowest BCUT2D eigenvalue weighted by molar-refractivity contribution is -0.133. The van der Waals surface area contributed by atoms with Crippen molar-refractivity contribution >= 4 is 37.5 Å². The topological polar surface area (TPSA) is 66.9 Å². The number of sulfonamides is 1. The van der Waals surface area contributed by atoms with Crippen LogP contribution in [0.2, 0.25) is 0 Å². The summed E-state index contributed by atoms with van der Waals surface area (Å²) in [6.45, 7) is 1.63. The Labute approximate surface area is 161 Å². The minimum absolute atomic E-state index is 0.151. The fourth-order valence-electron chi connectivity index (χ4n) is 2.68. The number of carbonyl (C=O) groups is 1. The largest absolute Gasteiger partial charge is 0.378 e. The zero-order valence-corrected chi connectivity index (χ0v) is 16.4. The lowest BCUT2D eigenvalue weighted by Crippen LogP contribution is -2.47. The van der Waals surface area contributed by atoms with Gasteiger partial charge < -0.3 is 9.64 Å². The summed E-state index contributed by atoms with van der Waals surface area (Å²) < 4.78 is 33.6. The number of hydrogen-bond donors (Lipinski definition) is 0. The summed E-state index contributed by atoms with van der Waals surface area (Å²) in [5.41, 5.74) is 0.443. The zero-order chi connectivity index (χ0) is 18.6. The Kier molecular flexibility index (Phi) is 5.95. The van der Waals surface area contributed by atoms with E-state index in [-0.39, 0.29) is 17.3 Å². The molecule has 0 aliphatic carbocycles. The molecule has 1 aliphatic heterocycles. The van der Waals surface area contributed by atoms with Crippen LogP contribution in [0.1, 0.15) is 0 Å². The molecule has 0 aromatic heterocycles. The molecular weight excluding hydrogens is 420 g/mol. The first-order chi connectivity index (χ1) is 12.5. The average molecular weight is 439 g/mol. The molecule has 2 aromatic rings. The summed E-state index contributed by atoms with van der Waals surface area (Å²) >= 11 is 3.35. The van der Waals surface area contributed by atoms with Gasteiger partial charge in [0.25, 0.3) is 10.0 Å². The van der Waals surface area contributed by atoms with E-state index in [0.29, 0.717) is 32.0 Å². The van der Waals surface area contributed by atoms with E-state index in [1.807, 2.05) is 0 Å². The molecule has 2 aromatic carbocycles. The van der Waals surface area contributed by atoms with Crippen molar-refractivity contribution in [2.45, 2.75) is 4.90 Å². The number of carbonyl (C=O) groups excluding carboxylic acids is 1. The lowest BCUT2D eigenvalue weighted by Gasteiger charge is -2.30. The number of benzene rings is 2.